The largest absolute Gasteiger partial charge is 0.507 e. The Labute approximate surface area is 106 Å². The van der Waals surface area contributed by atoms with E-state index in [1.54, 1.807) is 0 Å². The normalized spacial score (nSPS) is 11.6. The molecule has 0 aliphatic rings. The second-order valence-corrected chi connectivity index (χ2v) is 6.43. The lowest BCUT2D eigenvalue weighted by molar-refractivity contribution is 0.0997. The molecule has 6 nitrogen and oxygen atoms in total. The highest BCUT2D eigenvalue weighted by atomic mass is 32.2. The molecule has 0 spiro atoms. The minimum Gasteiger partial charge on any atom is -0.507 e. The summed E-state index contributed by atoms with van der Waals surface area (Å²) in [5.74, 6) is -1.08. The Bertz CT molecular complexity index is 579. The molecule has 0 radical (unpaired) electrons. The van der Waals surface area contributed by atoms with Crippen LogP contribution in [0.5, 0.6) is 5.75 Å². The number of aromatic hydroxyl groups is 1. The van der Waals surface area contributed by atoms with E-state index < -0.39 is 21.2 Å². The Morgan fingerprint density at radius 2 is 1.94 bits per heavy atom. The third-order valence-corrected chi connectivity index (χ3v) is 4.31. The molecule has 4 N–H and O–H groups in total. The van der Waals surface area contributed by atoms with Crippen molar-refractivity contribution in [2.45, 2.75) is 26.0 Å². The maximum Gasteiger partial charge on any atom is 0.252 e. The fraction of sp³-hybridized carbons (Fsp3) is 0.364. The van der Waals surface area contributed by atoms with Gasteiger partial charge in [0, 0.05) is 0 Å². The summed E-state index contributed by atoms with van der Waals surface area (Å²) in [6.45, 7) is 4.58. The summed E-state index contributed by atoms with van der Waals surface area (Å²) in [4.78, 5) is 11.2. The van der Waals surface area contributed by atoms with Crippen molar-refractivity contribution in [1.82, 2.24) is 0 Å². The number of hydrogen-bond acceptors (Lipinski definition) is 4. The second-order valence-electron chi connectivity index (χ2n) is 4.19. The first-order valence-electron chi connectivity index (χ1n) is 5.30. The van der Waals surface area contributed by atoms with Crippen LogP contribution in [0.3, 0.4) is 0 Å². The number of nitrogens with two attached hydrogens (primary N) is 1. The number of sulfonamides is 1. The van der Waals surface area contributed by atoms with Crippen LogP contribution in [0.25, 0.3) is 0 Å². The average molecular weight is 272 g/mol. The van der Waals surface area contributed by atoms with Crippen molar-refractivity contribution in [1.29, 1.82) is 0 Å². The summed E-state index contributed by atoms with van der Waals surface area (Å²) in [7, 11) is -3.51. The van der Waals surface area contributed by atoms with Gasteiger partial charge >= 0.3 is 0 Å². The number of phenols is 1. The third-order valence-electron chi connectivity index (χ3n) is 2.56. The number of nitrogens with one attached hydrogen (secondary N) is 1. The van der Waals surface area contributed by atoms with Gasteiger partial charge in [0.25, 0.3) is 5.91 Å². The van der Waals surface area contributed by atoms with Gasteiger partial charge in [0.15, 0.2) is 0 Å². The van der Waals surface area contributed by atoms with Crippen molar-refractivity contribution in [3.63, 3.8) is 0 Å². The highest BCUT2D eigenvalue weighted by molar-refractivity contribution is 7.93. The molecule has 1 aromatic carbocycles. The number of carbonyl (C=O) groups excluding carboxylic acids is 1. The summed E-state index contributed by atoms with van der Waals surface area (Å²) in [6, 6.07) is 2.61. The molecule has 7 heteroatoms. The summed E-state index contributed by atoms with van der Waals surface area (Å²) >= 11 is 0. The minimum absolute atomic E-state index is 0.0843. The zero-order valence-corrected chi connectivity index (χ0v) is 11.2. The quantitative estimate of drug-likeness (QED) is 0.709. The van der Waals surface area contributed by atoms with Gasteiger partial charge in [-0.15, -0.1) is 0 Å². The second kappa shape index (κ2) is 4.85. The van der Waals surface area contributed by atoms with Crippen molar-refractivity contribution in [2.75, 3.05) is 4.72 Å². The van der Waals surface area contributed by atoms with Crippen molar-refractivity contribution in [3.8, 4) is 5.75 Å². The van der Waals surface area contributed by atoms with Crippen LogP contribution in [0.15, 0.2) is 12.1 Å². The molecule has 0 aliphatic heterocycles. The molecule has 0 fully saturated rings. The molecule has 1 aromatic rings. The van der Waals surface area contributed by atoms with E-state index in [1.807, 2.05) is 0 Å². The molecule has 0 saturated carbocycles. The Kier molecular flexibility index (Phi) is 3.85. The lowest BCUT2D eigenvalue weighted by Crippen LogP contribution is -2.23. The molecular formula is C11H16N2O4S. The topological polar surface area (TPSA) is 109 Å². The van der Waals surface area contributed by atoms with Gasteiger partial charge in [-0.3, -0.25) is 9.52 Å². The van der Waals surface area contributed by atoms with E-state index in [4.69, 9.17) is 5.73 Å². The molecule has 0 saturated heterocycles. The van der Waals surface area contributed by atoms with Gasteiger partial charge in [-0.1, -0.05) is 0 Å². The molecule has 0 bridgehead atoms. The molecule has 0 aliphatic carbocycles. The molecule has 0 heterocycles. The van der Waals surface area contributed by atoms with Crippen molar-refractivity contribution in [2.24, 2.45) is 5.73 Å². The smallest absolute Gasteiger partial charge is 0.252 e. The van der Waals surface area contributed by atoms with E-state index >= 15 is 0 Å². The van der Waals surface area contributed by atoms with Gasteiger partial charge in [0.2, 0.25) is 10.0 Å². The van der Waals surface area contributed by atoms with E-state index in [0.29, 0.717) is 5.56 Å². The van der Waals surface area contributed by atoms with E-state index in [0.717, 1.165) is 0 Å². The van der Waals surface area contributed by atoms with Gasteiger partial charge < -0.3 is 10.8 Å². The highest BCUT2D eigenvalue weighted by Gasteiger charge is 2.20. The van der Waals surface area contributed by atoms with E-state index in [1.165, 1.54) is 32.9 Å². The van der Waals surface area contributed by atoms with Crippen LogP contribution in [-0.2, 0) is 10.0 Å². The standard InChI is InChI=1S/C11H16N2O4S/c1-6(2)18(16,17)13-8-4-5-9(14)10(7(8)3)11(12)15/h4-6,13-14H,1-3H3,(H2,12,15). The molecule has 1 amide bonds. The highest BCUT2D eigenvalue weighted by Crippen LogP contribution is 2.28. The average Bonchev–Trinajstić information content (AvgIpc) is 2.21. The summed E-state index contributed by atoms with van der Waals surface area (Å²) in [5.41, 5.74) is 5.58. The summed E-state index contributed by atoms with van der Waals surface area (Å²) in [5, 5.41) is 8.91. The SMILES string of the molecule is Cc1c(NS(=O)(=O)C(C)C)ccc(O)c1C(N)=O. The maximum absolute atomic E-state index is 11.7. The van der Waals surface area contributed by atoms with Crippen LogP contribution in [-0.4, -0.2) is 24.7 Å². The molecule has 0 unspecified atom stereocenters. The van der Waals surface area contributed by atoms with Gasteiger partial charge in [0.05, 0.1) is 16.5 Å². The number of rotatable bonds is 4. The third kappa shape index (κ3) is 2.73. The molecule has 18 heavy (non-hydrogen) atoms. The lowest BCUT2D eigenvalue weighted by Gasteiger charge is -2.15. The van der Waals surface area contributed by atoms with E-state index in [9.17, 15) is 18.3 Å². The van der Waals surface area contributed by atoms with E-state index in [-0.39, 0.29) is 17.0 Å². The maximum atomic E-state index is 11.7. The van der Waals surface area contributed by atoms with E-state index in [2.05, 4.69) is 4.72 Å². The first-order chi connectivity index (χ1) is 8.16. The van der Waals surface area contributed by atoms with Gasteiger partial charge in [-0.2, -0.15) is 0 Å². The molecule has 0 aromatic heterocycles. The van der Waals surface area contributed by atoms with Crippen LogP contribution in [0, 0.1) is 6.92 Å². The number of carbonyl (C=O) groups is 1. The van der Waals surface area contributed by atoms with Gasteiger partial charge in [0.1, 0.15) is 5.75 Å². The predicted molar refractivity (Wildman–Crippen MR) is 69.0 cm³/mol. The molecular weight excluding hydrogens is 256 g/mol. The fourth-order valence-corrected chi connectivity index (χ4v) is 2.15. The first-order valence-corrected chi connectivity index (χ1v) is 6.85. The zero-order chi connectivity index (χ0) is 14.1. The molecule has 100 valence electrons. The number of amides is 1. The van der Waals surface area contributed by atoms with Crippen LogP contribution >= 0.6 is 0 Å². The number of primary amides is 1. The summed E-state index contributed by atoms with van der Waals surface area (Å²) < 4.78 is 25.8. The number of benzene rings is 1. The van der Waals surface area contributed by atoms with Gasteiger partial charge in [-0.25, -0.2) is 8.42 Å². The molecule has 1 rings (SSSR count). The summed E-state index contributed by atoms with van der Waals surface area (Å²) in [6.07, 6.45) is 0. The molecule has 0 atom stereocenters. The monoisotopic (exact) mass is 272 g/mol. The zero-order valence-electron chi connectivity index (χ0n) is 10.4. The van der Waals surface area contributed by atoms with Crippen molar-refractivity contribution in [3.05, 3.63) is 23.3 Å². The van der Waals surface area contributed by atoms with Crippen LogP contribution in [0.2, 0.25) is 0 Å². The first kappa shape index (κ1) is 14.3. The number of hydrogen-bond donors (Lipinski definition) is 3. The fourth-order valence-electron chi connectivity index (χ4n) is 1.39. The number of anilines is 1. The van der Waals surface area contributed by atoms with Crippen LogP contribution < -0.4 is 10.5 Å². The van der Waals surface area contributed by atoms with Crippen LogP contribution in [0.4, 0.5) is 5.69 Å². The Hall–Kier alpha value is -1.76. The van der Waals surface area contributed by atoms with Crippen molar-refractivity contribution < 1.29 is 18.3 Å². The van der Waals surface area contributed by atoms with Crippen LogP contribution in [0.1, 0.15) is 29.8 Å². The predicted octanol–water partition coefficient (Wildman–Crippen LogP) is 0.950. The lowest BCUT2D eigenvalue weighted by atomic mass is 10.1. The van der Waals surface area contributed by atoms with Gasteiger partial charge in [-0.05, 0) is 38.5 Å². The Morgan fingerprint density at radius 3 is 2.39 bits per heavy atom. The minimum atomic E-state index is -3.51. The Morgan fingerprint density at radius 1 is 1.39 bits per heavy atom. The Balaban J connectivity index is 3.29. The van der Waals surface area contributed by atoms with Crippen molar-refractivity contribution >= 4 is 21.6 Å².